The van der Waals surface area contributed by atoms with Crippen molar-refractivity contribution in [2.75, 3.05) is 0 Å². The van der Waals surface area contributed by atoms with E-state index in [4.69, 9.17) is 21.5 Å². The molecule has 5 rings (SSSR count). The molecule has 1 aliphatic rings. The van der Waals surface area contributed by atoms with Gasteiger partial charge in [0, 0.05) is 40.0 Å². The zero-order valence-corrected chi connectivity index (χ0v) is 19.1. The van der Waals surface area contributed by atoms with Crippen LogP contribution in [0.2, 0.25) is 5.02 Å². The monoisotopic (exact) mass is 504 g/mol. The first-order valence-electron chi connectivity index (χ1n) is 10.2. The molecular formula is C23H19ClF2N4O3S. The lowest BCUT2D eigenvalue weighted by atomic mass is 9.95. The van der Waals surface area contributed by atoms with Gasteiger partial charge in [0.15, 0.2) is 0 Å². The van der Waals surface area contributed by atoms with Crippen molar-refractivity contribution >= 4 is 32.8 Å². The molecule has 4 aromatic rings. The Bertz CT molecular complexity index is 1510. The SMILES string of the molecule is C=S(N)(=O)c1ccc(-c2ccc3nc4c(n3c2)C(c2cc(Cl)ccc2OC(F)F)CC4O)cn1. The molecule has 0 amide bonds. The third-order valence-corrected chi connectivity index (χ3v) is 6.96. The Hall–Kier alpha value is -3.05. The van der Waals surface area contributed by atoms with Gasteiger partial charge in [-0.3, -0.25) is 5.14 Å². The Morgan fingerprint density at radius 1 is 1.24 bits per heavy atom. The summed E-state index contributed by atoms with van der Waals surface area (Å²) >= 11 is 6.17. The number of rotatable bonds is 5. The van der Waals surface area contributed by atoms with Crippen LogP contribution in [0.1, 0.15) is 35.4 Å². The number of imidazole rings is 1. The first kappa shape index (κ1) is 22.7. The zero-order chi connectivity index (χ0) is 24.2. The molecular weight excluding hydrogens is 486 g/mol. The van der Waals surface area contributed by atoms with Crippen molar-refractivity contribution < 1.29 is 22.8 Å². The molecule has 1 aromatic carbocycles. The normalized spacial score (nSPS) is 19.4. The number of nitrogens with two attached hydrogens (primary N) is 1. The molecule has 0 spiro atoms. The molecule has 0 saturated heterocycles. The maximum Gasteiger partial charge on any atom is 0.387 e. The van der Waals surface area contributed by atoms with E-state index in [1.54, 1.807) is 30.5 Å². The van der Waals surface area contributed by atoms with Gasteiger partial charge in [0.2, 0.25) is 0 Å². The third kappa shape index (κ3) is 4.03. The third-order valence-electron chi connectivity index (χ3n) is 5.78. The van der Waals surface area contributed by atoms with Crippen LogP contribution < -0.4 is 9.88 Å². The molecule has 11 heteroatoms. The quantitative estimate of drug-likeness (QED) is 0.397. The molecule has 7 nitrogen and oxygen atoms in total. The molecule has 1 aliphatic carbocycles. The molecule has 0 fully saturated rings. The van der Waals surface area contributed by atoms with Gasteiger partial charge in [0.25, 0.3) is 0 Å². The maximum atomic E-state index is 13.0. The van der Waals surface area contributed by atoms with Crippen molar-refractivity contribution in [1.82, 2.24) is 14.4 Å². The summed E-state index contributed by atoms with van der Waals surface area (Å²) in [6.45, 7) is -3.00. The first-order chi connectivity index (χ1) is 16.1. The number of aromatic nitrogens is 3. The Labute approximate surface area is 198 Å². The number of alkyl halides is 2. The van der Waals surface area contributed by atoms with Crippen LogP contribution in [0.15, 0.2) is 59.9 Å². The summed E-state index contributed by atoms with van der Waals surface area (Å²) in [6.07, 6.45) is 2.74. The van der Waals surface area contributed by atoms with Crippen molar-refractivity contribution in [2.45, 2.75) is 30.1 Å². The molecule has 0 aliphatic heterocycles. The van der Waals surface area contributed by atoms with E-state index in [0.717, 1.165) is 11.1 Å². The fourth-order valence-corrected chi connectivity index (χ4v) is 5.02. The van der Waals surface area contributed by atoms with Crippen molar-refractivity contribution in [3.63, 3.8) is 0 Å². The molecule has 3 heterocycles. The van der Waals surface area contributed by atoms with E-state index in [2.05, 4.69) is 15.8 Å². The van der Waals surface area contributed by atoms with Gasteiger partial charge < -0.3 is 14.2 Å². The standard InChI is InChI=1S/C23H19ClF2N4O3S/c1-34(27,32)20-7-3-12(10-28-20)13-2-6-19-29-21-17(31)9-16(22(21)30(19)11-13)15-8-14(24)4-5-18(15)33-23(25)26/h2-8,10-11,16-17,23,31H,1,9H2,(H2,27,32). The average Bonchev–Trinajstić information content (AvgIpc) is 3.31. The predicted molar refractivity (Wildman–Crippen MR) is 126 cm³/mol. The highest BCUT2D eigenvalue weighted by Gasteiger charge is 2.37. The average molecular weight is 505 g/mol. The molecule has 3 unspecified atom stereocenters. The molecule has 0 radical (unpaired) electrons. The lowest BCUT2D eigenvalue weighted by Crippen LogP contribution is -2.13. The van der Waals surface area contributed by atoms with Crippen molar-refractivity contribution in [3.8, 4) is 16.9 Å². The van der Waals surface area contributed by atoms with Gasteiger partial charge in [0.05, 0.1) is 27.2 Å². The summed E-state index contributed by atoms with van der Waals surface area (Å²) in [6, 6.07) is 11.4. The van der Waals surface area contributed by atoms with Crippen LogP contribution in [0.5, 0.6) is 5.75 Å². The summed E-state index contributed by atoms with van der Waals surface area (Å²) in [5.74, 6) is 2.95. The Balaban J connectivity index is 1.63. The molecule has 0 bridgehead atoms. The zero-order valence-electron chi connectivity index (χ0n) is 17.6. The van der Waals surface area contributed by atoms with Crippen LogP contribution in [-0.4, -0.2) is 36.2 Å². The topological polar surface area (TPSA) is 103 Å². The van der Waals surface area contributed by atoms with Crippen LogP contribution >= 0.6 is 11.6 Å². The highest BCUT2D eigenvalue weighted by Crippen LogP contribution is 2.47. The van der Waals surface area contributed by atoms with Gasteiger partial charge in [-0.25, -0.2) is 14.2 Å². The van der Waals surface area contributed by atoms with E-state index < -0.39 is 28.3 Å². The maximum absolute atomic E-state index is 13.0. The summed E-state index contributed by atoms with van der Waals surface area (Å²) in [5, 5.41) is 16.8. The Morgan fingerprint density at radius 3 is 2.68 bits per heavy atom. The smallest absolute Gasteiger partial charge is 0.387 e. The van der Waals surface area contributed by atoms with Crippen molar-refractivity contribution in [3.05, 3.63) is 76.8 Å². The minimum absolute atomic E-state index is 0.00565. The van der Waals surface area contributed by atoms with Crippen LogP contribution in [0.25, 0.3) is 16.8 Å². The van der Waals surface area contributed by atoms with E-state index in [0.29, 0.717) is 27.6 Å². The number of ether oxygens (including phenoxy) is 1. The van der Waals surface area contributed by atoms with Gasteiger partial charge in [-0.2, -0.15) is 8.78 Å². The summed E-state index contributed by atoms with van der Waals surface area (Å²) in [7, 11) is -2.93. The second-order valence-electron chi connectivity index (χ2n) is 8.00. The summed E-state index contributed by atoms with van der Waals surface area (Å²) in [4.78, 5) is 8.72. The minimum Gasteiger partial charge on any atom is -0.435 e. The molecule has 0 saturated carbocycles. The van der Waals surface area contributed by atoms with Crippen LogP contribution in [-0.2, 0) is 9.71 Å². The number of benzene rings is 1. The van der Waals surface area contributed by atoms with Crippen LogP contribution in [0, 0.1) is 0 Å². The van der Waals surface area contributed by atoms with Gasteiger partial charge in [-0.05, 0) is 54.8 Å². The highest BCUT2D eigenvalue weighted by molar-refractivity contribution is 7.98. The number of aliphatic hydroxyl groups is 1. The Kier molecular flexibility index (Phi) is 5.56. The lowest BCUT2D eigenvalue weighted by Gasteiger charge is -2.18. The Morgan fingerprint density at radius 2 is 2.00 bits per heavy atom. The highest BCUT2D eigenvalue weighted by atomic mass is 35.5. The van der Waals surface area contributed by atoms with E-state index in [9.17, 15) is 18.1 Å². The molecule has 34 heavy (non-hydrogen) atoms. The van der Waals surface area contributed by atoms with Gasteiger partial charge >= 0.3 is 6.61 Å². The number of pyridine rings is 2. The summed E-state index contributed by atoms with van der Waals surface area (Å²) < 4.78 is 44.6. The largest absolute Gasteiger partial charge is 0.435 e. The number of aliphatic hydroxyl groups excluding tert-OH is 1. The second-order valence-corrected chi connectivity index (χ2v) is 10.3. The summed E-state index contributed by atoms with van der Waals surface area (Å²) in [5.41, 5.74) is 3.67. The van der Waals surface area contributed by atoms with E-state index in [1.165, 1.54) is 12.1 Å². The lowest BCUT2D eigenvalue weighted by molar-refractivity contribution is -0.0506. The van der Waals surface area contributed by atoms with E-state index in [1.807, 2.05) is 16.7 Å². The molecule has 176 valence electrons. The second kappa shape index (κ2) is 8.31. The van der Waals surface area contributed by atoms with E-state index in [-0.39, 0.29) is 17.2 Å². The first-order valence-corrected chi connectivity index (χ1v) is 12.3. The van der Waals surface area contributed by atoms with E-state index >= 15 is 0 Å². The van der Waals surface area contributed by atoms with Crippen molar-refractivity contribution in [2.24, 2.45) is 5.14 Å². The van der Waals surface area contributed by atoms with Gasteiger partial charge in [-0.15, -0.1) is 0 Å². The fraction of sp³-hybridized carbons (Fsp3) is 0.174. The number of nitrogens with zero attached hydrogens (tertiary/aromatic N) is 3. The molecule has 3 N–H and O–H groups in total. The van der Waals surface area contributed by atoms with Gasteiger partial charge in [0.1, 0.15) is 16.4 Å². The number of halogens is 3. The minimum atomic E-state index is -3.00. The number of hydrogen-bond donors (Lipinski definition) is 2. The fourth-order valence-electron chi connectivity index (χ4n) is 4.31. The molecule has 3 aromatic heterocycles. The number of hydrogen-bond acceptors (Lipinski definition) is 5. The van der Waals surface area contributed by atoms with Crippen LogP contribution in [0.3, 0.4) is 0 Å². The predicted octanol–water partition coefficient (Wildman–Crippen LogP) is 4.17. The van der Waals surface area contributed by atoms with Gasteiger partial charge in [-0.1, -0.05) is 11.6 Å². The number of fused-ring (bicyclic) bond motifs is 3. The van der Waals surface area contributed by atoms with Crippen LogP contribution in [0.4, 0.5) is 8.78 Å². The molecule has 3 atom stereocenters. The van der Waals surface area contributed by atoms with Crippen molar-refractivity contribution in [1.29, 1.82) is 0 Å².